The fourth-order valence-electron chi connectivity index (χ4n) is 1.05. The van der Waals surface area contributed by atoms with E-state index in [9.17, 15) is 9.59 Å². The number of hydrogen-bond donors (Lipinski definition) is 3. The molecule has 1 aromatic heterocycles. The summed E-state index contributed by atoms with van der Waals surface area (Å²) < 4.78 is 5.33. The highest BCUT2D eigenvalue weighted by Crippen LogP contribution is 2.14. The Bertz CT molecular complexity index is 389. The van der Waals surface area contributed by atoms with Gasteiger partial charge in [-0.1, -0.05) is 0 Å². The van der Waals surface area contributed by atoms with Crippen LogP contribution in [0.5, 0.6) is 0 Å². The lowest BCUT2D eigenvalue weighted by atomic mass is 10.2. The van der Waals surface area contributed by atoms with E-state index in [2.05, 4.69) is 21.2 Å². The van der Waals surface area contributed by atoms with Crippen LogP contribution in [0.2, 0.25) is 0 Å². The third-order valence-corrected chi connectivity index (χ3v) is 2.24. The Morgan fingerprint density at radius 2 is 2.19 bits per heavy atom. The van der Waals surface area contributed by atoms with E-state index >= 15 is 0 Å². The molecular weight excluding hydrogens is 282 g/mol. The molecule has 0 saturated heterocycles. The summed E-state index contributed by atoms with van der Waals surface area (Å²) in [6.07, 6.45) is -0.0526. The number of nitrogens with one attached hydrogen (secondary N) is 1. The van der Waals surface area contributed by atoms with Crippen molar-refractivity contribution in [1.29, 1.82) is 0 Å². The van der Waals surface area contributed by atoms with Crippen molar-refractivity contribution in [3.63, 3.8) is 0 Å². The number of aliphatic hydroxyl groups is 1. The zero-order valence-corrected chi connectivity index (χ0v) is 9.73. The molecule has 0 aromatic carbocycles. The summed E-state index contributed by atoms with van der Waals surface area (Å²) in [6.45, 7) is -0.320. The molecule has 16 heavy (non-hydrogen) atoms. The van der Waals surface area contributed by atoms with Gasteiger partial charge in [-0.05, 0) is 28.1 Å². The quantitative estimate of drug-likeness (QED) is 0.738. The molecule has 3 N–H and O–H groups in total. The molecule has 1 amide bonds. The summed E-state index contributed by atoms with van der Waals surface area (Å²) >= 11 is 3.02. The van der Waals surface area contributed by atoms with Gasteiger partial charge in [0, 0.05) is 13.0 Å². The molecule has 6 nitrogen and oxygen atoms in total. The molecule has 0 aliphatic rings. The first-order chi connectivity index (χ1) is 7.54. The second kappa shape index (κ2) is 5.66. The average Bonchev–Trinajstić information content (AvgIpc) is 2.64. The predicted octanol–water partition coefficient (Wildman–Crippen LogP) is 0.607. The number of halogens is 1. The van der Waals surface area contributed by atoms with E-state index in [0.717, 1.165) is 0 Å². The fourth-order valence-corrected chi connectivity index (χ4v) is 1.36. The Kier molecular flexibility index (Phi) is 4.51. The van der Waals surface area contributed by atoms with Crippen LogP contribution < -0.4 is 5.32 Å². The van der Waals surface area contributed by atoms with Gasteiger partial charge in [-0.2, -0.15) is 0 Å². The zero-order valence-electron chi connectivity index (χ0n) is 8.14. The smallest absolute Gasteiger partial charge is 0.326 e. The van der Waals surface area contributed by atoms with Crippen LogP contribution in [0.25, 0.3) is 0 Å². The van der Waals surface area contributed by atoms with E-state index in [0.29, 0.717) is 4.67 Å². The first-order valence-electron chi connectivity index (χ1n) is 4.44. The lowest BCUT2D eigenvalue weighted by Gasteiger charge is -2.11. The monoisotopic (exact) mass is 291 g/mol. The molecule has 0 radical (unpaired) electrons. The molecule has 88 valence electrons. The summed E-state index contributed by atoms with van der Waals surface area (Å²) in [5, 5.41) is 19.6. The molecule has 0 bridgehead atoms. The van der Waals surface area contributed by atoms with Gasteiger partial charge in [-0.3, -0.25) is 4.79 Å². The van der Waals surface area contributed by atoms with Gasteiger partial charge in [0.05, 0.1) is 0 Å². The maximum Gasteiger partial charge on any atom is 0.326 e. The molecule has 0 aliphatic heterocycles. The van der Waals surface area contributed by atoms with Gasteiger partial charge in [0.15, 0.2) is 10.4 Å². The fraction of sp³-hybridized carbons (Fsp3) is 0.333. The van der Waals surface area contributed by atoms with Crippen molar-refractivity contribution in [1.82, 2.24) is 5.32 Å². The summed E-state index contributed by atoms with van der Waals surface area (Å²) in [5.41, 5.74) is 0. The Morgan fingerprint density at radius 3 is 2.62 bits per heavy atom. The van der Waals surface area contributed by atoms with Crippen LogP contribution in [0.1, 0.15) is 17.0 Å². The van der Waals surface area contributed by atoms with Crippen molar-refractivity contribution in [2.75, 3.05) is 6.61 Å². The van der Waals surface area contributed by atoms with E-state index in [1.54, 1.807) is 0 Å². The molecule has 1 heterocycles. The van der Waals surface area contributed by atoms with Crippen LogP contribution in [0.15, 0.2) is 21.2 Å². The van der Waals surface area contributed by atoms with Gasteiger partial charge in [-0.15, -0.1) is 0 Å². The number of carboxylic acid groups (broad SMARTS) is 1. The first-order valence-corrected chi connectivity index (χ1v) is 5.23. The zero-order chi connectivity index (χ0) is 12.1. The molecule has 1 rings (SSSR count). The van der Waals surface area contributed by atoms with Crippen LogP contribution >= 0.6 is 15.9 Å². The van der Waals surface area contributed by atoms with Crippen molar-refractivity contribution in [3.8, 4) is 0 Å². The summed E-state index contributed by atoms with van der Waals surface area (Å²) in [4.78, 5) is 22.2. The summed E-state index contributed by atoms with van der Waals surface area (Å²) in [6, 6.07) is 1.81. The lowest BCUT2D eigenvalue weighted by Crippen LogP contribution is -2.41. The Balaban J connectivity index is 2.65. The van der Waals surface area contributed by atoms with Crippen LogP contribution in [0, 0.1) is 0 Å². The normalized spacial score (nSPS) is 12.1. The van der Waals surface area contributed by atoms with Gasteiger partial charge < -0.3 is 19.9 Å². The molecule has 1 aromatic rings. The molecule has 0 unspecified atom stereocenters. The van der Waals surface area contributed by atoms with Gasteiger partial charge in [0.2, 0.25) is 0 Å². The molecule has 1 atom stereocenters. The van der Waals surface area contributed by atoms with E-state index in [-0.39, 0.29) is 18.8 Å². The van der Waals surface area contributed by atoms with Crippen LogP contribution in [0.3, 0.4) is 0 Å². The molecule has 0 aliphatic carbocycles. The second-order valence-electron chi connectivity index (χ2n) is 2.98. The van der Waals surface area contributed by atoms with Crippen LogP contribution in [-0.2, 0) is 4.79 Å². The van der Waals surface area contributed by atoms with Crippen molar-refractivity contribution in [3.05, 3.63) is 22.6 Å². The minimum absolute atomic E-state index is 0.0102. The van der Waals surface area contributed by atoms with E-state index in [1.807, 2.05) is 0 Å². The predicted molar refractivity (Wildman–Crippen MR) is 57.0 cm³/mol. The number of carbonyl (C=O) groups excluding carboxylic acids is 1. The maximum absolute atomic E-state index is 11.5. The van der Waals surface area contributed by atoms with E-state index < -0.39 is 17.9 Å². The van der Waals surface area contributed by atoms with Crippen LogP contribution in [-0.4, -0.2) is 34.7 Å². The number of hydrogen-bond acceptors (Lipinski definition) is 4. The van der Waals surface area contributed by atoms with Gasteiger partial charge in [0.25, 0.3) is 5.91 Å². The largest absolute Gasteiger partial charge is 0.480 e. The highest BCUT2D eigenvalue weighted by atomic mass is 79.9. The number of amides is 1. The third kappa shape index (κ3) is 3.35. The van der Waals surface area contributed by atoms with Gasteiger partial charge in [-0.25, -0.2) is 4.79 Å². The Hall–Kier alpha value is -1.34. The third-order valence-electron chi connectivity index (χ3n) is 1.82. The number of carboxylic acids is 1. The summed E-state index contributed by atoms with van der Waals surface area (Å²) in [7, 11) is 0. The minimum atomic E-state index is -1.20. The molecule has 0 saturated carbocycles. The topological polar surface area (TPSA) is 99.8 Å². The van der Waals surface area contributed by atoms with Gasteiger partial charge in [0.1, 0.15) is 6.04 Å². The summed E-state index contributed by atoms with van der Waals surface area (Å²) in [5.74, 6) is -1.82. The average molecular weight is 292 g/mol. The van der Waals surface area contributed by atoms with E-state index in [1.165, 1.54) is 12.1 Å². The van der Waals surface area contributed by atoms with Crippen molar-refractivity contribution < 1.29 is 24.2 Å². The van der Waals surface area contributed by atoms with Crippen molar-refractivity contribution in [2.45, 2.75) is 12.5 Å². The van der Waals surface area contributed by atoms with E-state index in [4.69, 9.17) is 14.6 Å². The Morgan fingerprint density at radius 1 is 1.50 bits per heavy atom. The van der Waals surface area contributed by atoms with Gasteiger partial charge >= 0.3 is 5.97 Å². The molecular formula is C9H10BrNO5. The molecule has 0 fully saturated rings. The number of aliphatic hydroxyl groups excluding tert-OH is 1. The number of furan rings is 1. The maximum atomic E-state index is 11.5. The molecule has 7 heteroatoms. The number of rotatable bonds is 5. The highest BCUT2D eigenvalue weighted by Gasteiger charge is 2.21. The number of carbonyl (C=O) groups is 2. The highest BCUT2D eigenvalue weighted by molar-refractivity contribution is 9.10. The minimum Gasteiger partial charge on any atom is -0.480 e. The SMILES string of the molecule is O=C(N[C@@H](CCO)C(=O)O)c1ccc(Br)o1. The van der Waals surface area contributed by atoms with Crippen LogP contribution in [0.4, 0.5) is 0 Å². The standard InChI is InChI=1S/C9H10BrNO5/c10-7-2-1-6(16-7)8(13)11-5(3-4-12)9(14)15/h1-2,5,12H,3-4H2,(H,11,13)(H,14,15)/t5-/m0/s1. The Labute approximate surface area is 99.4 Å². The number of aliphatic carboxylic acids is 1. The van der Waals surface area contributed by atoms with Crippen molar-refractivity contribution in [2.24, 2.45) is 0 Å². The first kappa shape index (κ1) is 12.7. The second-order valence-corrected chi connectivity index (χ2v) is 3.76. The van der Waals surface area contributed by atoms with Crippen molar-refractivity contribution >= 4 is 27.8 Å². The molecule has 0 spiro atoms. The lowest BCUT2D eigenvalue weighted by molar-refractivity contribution is -0.139.